The van der Waals surface area contributed by atoms with Crippen LogP contribution in [0, 0.1) is 5.92 Å². The molecule has 2 heterocycles. The Balaban J connectivity index is 2.12. The first kappa shape index (κ1) is 14.4. The molecule has 0 radical (unpaired) electrons. The molecule has 0 spiro atoms. The van der Waals surface area contributed by atoms with Crippen LogP contribution in [0.3, 0.4) is 0 Å². The minimum Gasteiger partial charge on any atom is -0.386 e. The maximum atomic E-state index is 10.5. The molecule has 1 aliphatic heterocycles. The highest BCUT2D eigenvalue weighted by Crippen LogP contribution is 2.36. The summed E-state index contributed by atoms with van der Waals surface area (Å²) in [4.78, 5) is 2.12. The van der Waals surface area contributed by atoms with Crippen LogP contribution in [-0.2, 0) is 6.54 Å². The van der Waals surface area contributed by atoms with Gasteiger partial charge in [0.2, 0.25) is 0 Å². The number of thioether (sulfide) groups is 1. The molecule has 0 amide bonds. The topological polar surface area (TPSA) is 41.3 Å². The smallest absolute Gasteiger partial charge is 0.100 e. The molecule has 1 aliphatic rings. The van der Waals surface area contributed by atoms with Gasteiger partial charge in [-0.1, -0.05) is 0 Å². The van der Waals surface area contributed by atoms with E-state index in [4.69, 9.17) is 0 Å². The van der Waals surface area contributed by atoms with E-state index in [0.717, 1.165) is 41.2 Å². The SMILES string of the molecule is CN(C)CCn1ncc(Br)c1C(O)C1CCSC1. The molecule has 2 unspecified atom stereocenters. The second-order valence-corrected chi connectivity index (χ2v) is 6.98. The van der Waals surface area contributed by atoms with Gasteiger partial charge < -0.3 is 10.0 Å². The summed E-state index contributed by atoms with van der Waals surface area (Å²) >= 11 is 5.43. The molecule has 0 saturated carbocycles. The van der Waals surface area contributed by atoms with Crippen molar-refractivity contribution < 1.29 is 5.11 Å². The van der Waals surface area contributed by atoms with Crippen molar-refractivity contribution in [3.63, 3.8) is 0 Å². The third-order valence-electron chi connectivity index (χ3n) is 3.28. The van der Waals surface area contributed by atoms with Gasteiger partial charge in [0.15, 0.2) is 0 Å². The van der Waals surface area contributed by atoms with Crippen LogP contribution in [0.25, 0.3) is 0 Å². The average Bonchev–Trinajstić information content (AvgIpc) is 2.94. The van der Waals surface area contributed by atoms with Crippen LogP contribution >= 0.6 is 27.7 Å². The third-order valence-corrected chi connectivity index (χ3v) is 5.08. The molecule has 1 aromatic rings. The Morgan fingerprint density at radius 2 is 2.44 bits per heavy atom. The van der Waals surface area contributed by atoms with E-state index in [1.54, 1.807) is 6.20 Å². The molecule has 2 rings (SSSR count). The molecule has 0 aromatic carbocycles. The number of rotatable bonds is 5. The van der Waals surface area contributed by atoms with E-state index in [0.29, 0.717) is 5.92 Å². The fraction of sp³-hybridized carbons (Fsp3) is 0.750. The van der Waals surface area contributed by atoms with Gasteiger partial charge in [-0.2, -0.15) is 16.9 Å². The van der Waals surface area contributed by atoms with Gasteiger partial charge in [0.25, 0.3) is 0 Å². The minimum absolute atomic E-state index is 0.362. The zero-order valence-electron chi connectivity index (χ0n) is 10.8. The van der Waals surface area contributed by atoms with E-state index in [2.05, 4.69) is 25.9 Å². The zero-order valence-corrected chi connectivity index (χ0v) is 13.2. The summed E-state index contributed by atoms with van der Waals surface area (Å²) in [5, 5.41) is 14.9. The number of nitrogens with zero attached hydrogens (tertiary/aromatic N) is 3. The highest BCUT2D eigenvalue weighted by molar-refractivity contribution is 9.10. The molecule has 18 heavy (non-hydrogen) atoms. The Bertz CT molecular complexity index is 391. The molecule has 1 aromatic heterocycles. The summed E-state index contributed by atoms with van der Waals surface area (Å²) in [6.07, 6.45) is 2.48. The summed E-state index contributed by atoms with van der Waals surface area (Å²) in [6.45, 7) is 1.73. The predicted octanol–water partition coefficient (Wildman–Crippen LogP) is 1.99. The largest absolute Gasteiger partial charge is 0.386 e. The summed E-state index contributed by atoms with van der Waals surface area (Å²) in [7, 11) is 4.09. The molecule has 1 saturated heterocycles. The standard InChI is InChI=1S/C12H20BrN3OS/c1-15(2)4-5-16-11(10(13)7-14-16)12(17)9-3-6-18-8-9/h7,9,12,17H,3-6,8H2,1-2H3. The lowest BCUT2D eigenvalue weighted by Gasteiger charge is -2.20. The molecule has 6 heteroatoms. The molecular formula is C12H20BrN3OS. The number of hydrogen-bond acceptors (Lipinski definition) is 4. The van der Waals surface area contributed by atoms with Crippen LogP contribution in [0.5, 0.6) is 0 Å². The first-order valence-corrected chi connectivity index (χ1v) is 8.16. The highest BCUT2D eigenvalue weighted by Gasteiger charge is 2.29. The van der Waals surface area contributed by atoms with E-state index in [1.165, 1.54) is 0 Å². The number of hydrogen-bond donors (Lipinski definition) is 1. The lowest BCUT2D eigenvalue weighted by molar-refractivity contribution is 0.110. The van der Waals surface area contributed by atoms with Gasteiger partial charge in [0.1, 0.15) is 6.10 Å². The molecule has 0 aliphatic carbocycles. The van der Waals surface area contributed by atoms with E-state index in [1.807, 2.05) is 30.5 Å². The summed E-state index contributed by atoms with van der Waals surface area (Å²) in [6, 6.07) is 0. The second-order valence-electron chi connectivity index (χ2n) is 4.97. The van der Waals surface area contributed by atoms with Crippen LogP contribution in [0.15, 0.2) is 10.7 Å². The van der Waals surface area contributed by atoms with Crippen molar-refractivity contribution in [2.45, 2.75) is 19.1 Å². The third kappa shape index (κ3) is 3.29. The van der Waals surface area contributed by atoms with E-state index in [9.17, 15) is 5.11 Å². The number of likely N-dealkylation sites (N-methyl/N-ethyl adjacent to an activating group) is 1. The Morgan fingerprint density at radius 3 is 3.06 bits per heavy atom. The van der Waals surface area contributed by atoms with Crippen molar-refractivity contribution in [2.24, 2.45) is 5.92 Å². The van der Waals surface area contributed by atoms with E-state index >= 15 is 0 Å². The Kier molecular flexibility index (Phi) is 5.12. The molecule has 1 fully saturated rings. The van der Waals surface area contributed by atoms with Crippen molar-refractivity contribution >= 4 is 27.7 Å². The normalized spacial score (nSPS) is 21.7. The van der Waals surface area contributed by atoms with Crippen LogP contribution in [0.1, 0.15) is 18.2 Å². The van der Waals surface area contributed by atoms with Gasteiger partial charge in [0.05, 0.1) is 22.9 Å². The van der Waals surface area contributed by atoms with Crippen LogP contribution in [0.2, 0.25) is 0 Å². The van der Waals surface area contributed by atoms with Gasteiger partial charge in [-0.3, -0.25) is 4.68 Å². The van der Waals surface area contributed by atoms with Crippen molar-refractivity contribution in [2.75, 3.05) is 32.1 Å². The Morgan fingerprint density at radius 1 is 1.67 bits per heavy atom. The molecule has 1 N–H and O–H groups in total. The van der Waals surface area contributed by atoms with Crippen LogP contribution in [0.4, 0.5) is 0 Å². The van der Waals surface area contributed by atoms with E-state index in [-0.39, 0.29) is 0 Å². The quantitative estimate of drug-likeness (QED) is 0.894. The molecule has 102 valence electrons. The van der Waals surface area contributed by atoms with Crippen molar-refractivity contribution in [3.8, 4) is 0 Å². The van der Waals surface area contributed by atoms with Crippen LogP contribution < -0.4 is 0 Å². The van der Waals surface area contributed by atoms with Gasteiger partial charge >= 0.3 is 0 Å². The average molecular weight is 334 g/mol. The summed E-state index contributed by atoms with van der Waals surface area (Å²) in [5.74, 6) is 2.57. The number of halogens is 1. The molecule has 4 nitrogen and oxygen atoms in total. The van der Waals surface area contributed by atoms with Crippen LogP contribution in [-0.4, -0.2) is 51.9 Å². The summed E-state index contributed by atoms with van der Waals surface area (Å²) < 4.78 is 2.85. The molecule has 0 bridgehead atoms. The van der Waals surface area contributed by atoms with E-state index < -0.39 is 6.10 Å². The van der Waals surface area contributed by atoms with Crippen molar-refractivity contribution in [1.82, 2.24) is 14.7 Å². The van der Waals surface area contributed by atoms with Gasteiger partial charge in [-0.25, -0.2) is 0 Å². The lowest BCUT2D eigenvalue weighted by atomic mass is 9.99. The van der Waals surface area contributed by atoms with Crippen molar-refractivity contribution in [1.29, 1.82) is 0 Å². The number of aliphatic hydroxyl groups is 1. The second kappa shape index (κ2) is 6.41. The number of aliphatic hydroxyl groups excluding tert-OH is 1. The van der Waals surface area contributed by atoms with Gasteiger partial charge in [-0.05, 0) is 48.0 Å². The van der Waals surface area contributed by atoms with Crippen molar-refractivity contribution in [3.05, 3.63) is 16.4 Å². The maximum absolute atomic E-state index is 10.5. The maximum Gasteiger partial charge on any atom is 0.100 e. The predicted molar refractivity (Wildman–Crippen MR) is 78.9 cm³/mol. The molecular weight excluding hydrogens is 314 g/mol. The first-order valence-electron chi connectivity index (χ1n) is 6.21. The Labute approximate surface area is 121 Å². The number of aromatic nitrogens is 2. The van der Waals surface area contributed by atoms with Gasteiger partial charge in [-0.15, -0.1) is 0 Å². The lowest BCUT2D eigenvalue weighted by Crippen LogP contribution is -2.23. The molecule has 2 atom stereocenters. The zero-order chi connectivity index (χ0) is 13.1. The Hall–Kier alpha value is -0.0400. The summed E-state index contributed by atoms with van der Waals surface area (Å²) in [5.41, 5.74) is 0.935. The van der Waals surface area contributed by atoms with Gasteiger partial charge in [0, 0.05) is 12.5 Å². The minimum atomic E-state index is -0.404. The fourth-order valence-corrected chi connectivity index (χ4v) is 3.98. The fourth-order valence-electron chi connectivity index (χ4n) is 2.16. The first-order chi connectivity index (χ1) is 8.59. The monoisotopic (exact) mass is 333 g/mol. The highest BCUT2D eigenvalue weighted by atomic mass is 79.9.